The molecule has 0 aliphatic heterocycles. The summed E-state index contributed by atoms with van der Waals surface area (Å²) in [6.45, 7) is 7.87. The maximum atomic E-state index is 5.39. The van der Waals surface area contributed by atoms with E-state index in [1.807, 2.05) is 6.07 Å². The van der Waals surface area contributed by atoms with Gasteiger partial charge in [0.25, 0.3) is 0 Å². The van der Waals surface area contributed by atoms with Crippen molar-refractivity contribution in [3.63, 3.8) is 0 Å². The minimum Gasteiger partial charge on any atom is -0.469 e. The van der Waals surface area contributed by atoms with E-state index in [2.05, 4.69) is 32.2 Å². The van der Waals surface area contributed by atoms with E-state index in [4.69, 9.17) is 4.42 Å². The third-order valence-corrected chi connectivity index (χ3v) is 3.28. The Hall–Kier alpha value is -0.760. The number of nitrogens with one attached hydrogen (secondary N) is 1. The van der Waals surface area contributed by atoms with Gasteiger partial charge in [-0.15, -0.1) is 0 Å². The van der Waals surface area contributed by atoms with Crippen LogP contribution in [0.4, 0.5) is 0 Å². The van der Waals surface area contributed by atoms with E-state index >= 15 is 0 Å². The Morgan fingerprint density at radius 2 is 2.12 bits per heavy atom. The Morgan fingerprint density at radius 1 is 1.29 bits per heavy atom. The van der Waals surface area contributed by atoms with Gasteiger partial charge in [-0.3, -0.25) is 0 Å². The lowest BCUT2D eigenvalue weighted by atomic mass is 9.94. The van der Waals surface area contributed by atoms with Crippen LogP contribution < -0.4 is 5.32 Å². The minimum absolute atomic E-state index is 0.631. The van der Waals surface area contributed by atoms with Crippen molar-refractivity contribution in [2.45, 2.75) is 58.9 Å². The van der Waals surface area contributed by atoms with Crippen LogP contribution in [0.3, 0.4) is 0 Å². The molecule has 2 heteroatoms. The largest absolute Gasteiger partial charge is 0.469 e. The zero-order valence-corrected chi connectivity index (χ0v) is 11.5. The van der Waals surface area contributed by atoms with Crippen molar-refractivity contribution < 1.29 is 4.42 Å². The molecule has 0 bridgehead atoms. The van der Waals surface area contributed by atoms with Gasteiger partial charge in [0, 0.05) is 12.5 Å². The molecule has 17 heavy (non-hydrogen) atoms. The maximum absolute atomic E-state index is 5.39. The average molecular weight is 237 g/mol. The van der Waals surface area contributed by atoms with Crippen LogP contribution in [0.2, 0.25) is 0 Å². The van der Waals surface area contributed by atoms with Gasteiger partial charge in [-0.25, -0.2) is 0 Å². The van der Waals surface area contributed by atoms with E-state index in [1.165, 1.54) is 25.7 Å². The molecule has 1 aromatic rings. The second kappa shape index (κ2) is 8.35. The van der Waals surface area contributed by atoms with Gasteiger partial charge < -0.3 is 9.73 Å². The summed E-state index contributed by atoms with van der Waals surface area (Å²) in [7, 11) is 0. The van der Waals surface area contributed by atoms with Gasteiger partial charge in [0.1, 0.15) is 5.76 Å². The summed E-state index contributed by atoms with van der Waals surface area (Å²) < 4.78 is 5.39. The van der Waals surface area contributed by atoms with E-state index < -0.39 is 0 Å². The van der Waals surface area contributed by atoms with Crippen LogP contribution in [-0.2, 0) is 6.42 Å². The van der Waals surface area contributed by atoms with Crippen LogP contribution in [0.5, 0.6) is 0 Å². The Kier molecular flexibility index (Phi) is 7.02. The highest BCUT2D eigenvalue weighted by Crippen LogP contribution is 2.16. The van der Waals surface area contributed by atoms with E-state index in [9.17, 15) is 0 Å². The van der Waals surface area contributed by atoms with Crippen molar-refractivity contribution in [1.82, 2.24) is 5.32 Å². The zero-order chi connectivity index (χ0) is 12.5. The van der Waals surface area contributed by atoms with Gasteiger partial charge in [0.15, 0.2) is 0 Å². The molecule has 0 spiro atoms. The van der Waals surface area contributed by atoms with Crippen molar-refractivity contribution in [2.24, 2.45) is 5.92 Å². The third kappa shape index (κ3) is 5.92. The van der Waals surface area contributed by atoms with Crippen LogP contribution in [-0.4, -0.2) is 12.6 Å². The van der Waals surface area contributed by atoms with E-state index in [-0.39, 0.29) is 0 Å². The number of furan rings is 1. The zero-order valence-electron chi connectivity index (χ0n) is 11.5. The molecule has 98 valence electrons. The van der Waals surface area contributed by atoms with Crippen molar-refractivity contribution in [2.75, 3.05) is 6.54 Å². The first-order valence-corrected chi connectivity index (χ1v) is 7.02. The molecule has 0 aliphatic carbocycles. The van der Waals surface area contributed by atoms with E-state index in [0.717, 1.165) is 24.6 Å². The molecule has 0 saturated carbocycles. The summed E-state index contributed by atoms with van der Waals surface area (Å²) in [6, 6.07) is 4.67. The molecule has 1 rings (SSSR count). The molecule has 0 amide bonds. The van der Waals surface area contributed by atoms with E-state index in [0.29, 0.717) is 6.04 Å². The van der Waals surface area contributed by atoms with Gasteiger partial charge in [-0.2, -0.15) is 0 Å². The summed E-state index contributed by atoms with van der Waals surface area (Å²) in [5, 5.41) is 3.59. The van der Waals surface area contributed by atoms with Crippen LogP contribution in [0.15, 0.2) is 22.8 Å². The fourth-order valence-electron chi connectivity index (χ4n) is 2.46. The summed E-state index contributed by atoms with van der Waals surface area (Å²) in [4.78, 5) is 0. The van der Waals surface area contributed by atoms with Gasteiger partial charge in [-0.05, 0) is 37.4 Å². The molecule has 1 heterocycles. The number of aryl methyl sites for hydroxylation is 1. The first-order valence-electron chi connectivity index (χ1n) is 7.02. The third-order valence-electron chi connectivity index (χ3n) is 3.28. The monoisotopic (exact) mass is 237 g/mol. The SMILES string of the molecule is CCCC(C)CC(CCc1ccco1)NCC. The topological polar surface area (TPSA) is 25.2 Å². The smallest absolute Gasteiger partial charge is 0.103 e. The molecule has 0 fully saturated rings. The summed E-state index contributed by atoms with van der Waals surface area (Å²) >= 11 is 0. The maximum Gasteiger partial charge on any atom is 0.103 e. The van der Waals surface area contributed by atoms with Gasteiger partial charge in [-0.1, -0.05) is 33.6 Å². The van der Waals surface area contributed by atoms with Crippen molar-refractivity contribution >= 4 is 0 Å². The van der Waals surface area contributed by atoms with Crippen molar-refractivity contribution in [1.29, 1.82) is 0 Å². The highest BCUT2D eigenvalue weighted by molar-refractivity contribution is 4.98. The Balaban J connectivity index is 2.31. The minimum atomic E-state index is 0.631. The molecule has 0 aromatic carbocycles. The lowest BCUT2D eigenvalue weighted by molar-refractivity contribution is 0.363. The highest BCUT2D eigenvalue weighted by atomic mass is 16.3. The van der Waals surface area contributed by atoms with Gasteiger partial charge in [0.2, 0.25) is 0 Å². The fraction of sp³-hybridized carbons (Fsp3) is 0.733. The molecule has 2 atom stereocenters. The molecule has 2 nitrogen and oxygen atoms in total. The molecule has 0 saturated heterocycles. The quantitative estimate of drug-likeness (QED) is 0.702. The predicted octanol–water partition coefficient (Wildman–Crippen LogP) is 4.02. The highest BCUT2D eigenvalue weighted by Gasteiger charge is 2.12. The lowest BCUT2D eigenvalue weighted by Crippen LogP contribution is -2.31. The second-order valence-corrected chi connectivity index (χ2v) is 5.00. The van der Waals surface area contributed by atoms with Crippen LogP contribution in [0.25, 0.3) is 0 Å². The Labute approximate surface area is 106 Å². The first kappa shape index (κ1) is 14.3. The number of hydrogen-bond donors (Lipinski definition) is 1. The molecule has 1 aromatic heterocycles. The van der Waals surface area contributed by atoms with Gasteiger partial charge >= 0.3 is 0 Å². The molecule has 2 unspecified atom stereocenters. The standard InChI is InChI=1S/C15H27NO/c1-4-7-13(3)12-14(16-5-2)9-10-15-8-6-11-17-15/h6,8,11,13-14,16H,4-5,7,9-10,12H2,1-3H3. The number of rotatable bonds is 9. The van der Waals surface area contributed by atoms with Crippen LogP contribution in [0.1, 0.15) is 52.2 Å². The average Bonchev–Trinajstić information content (AvgIpc) is 2.79. The molecule has 0 aliphatic rings. The van der Waals surface area contributed by atoms with Crippen LogP contribution >= 0.6 is 0 Å². The number of hydrogen-bond acceptors (Lipinski definition) is 2. The Morgan fingerprint density at radius 3 is 2.71 bits per heavy atom. The first-order chi connectivity index (χ1) is 8.26. The molecule has 0 radical (unpaired) electrons. The molecule has 1 N–H and O–H groups in total. The summed E-state index contributed by atoms with van der Waals surface area (Å²) in [6.07, 6.45) is 7.89. The normalized spacial score (nSPS) is 14.8. The van der Waals surface area contributed by atoms with E-state index in [1.54, 1.807) is 6.26 Å². The Bertz CT molecular complexity index is 268. The summed E-state index contributed by atoms with van der Waals surface area (Å²) in [5.74, 6) is 1.93. The van der Waals surface area contributed by atoms with Crippen molar-refractivity contribution in [3.8, 4) is 0 Å². The molecular weight excluding hydrogens is 210 g/mol. The predicted molar refractivity (Wildman–Crippen MR) is 73.2 cm³/mol. The van der Waals surface area contributed by atoms with Gasteiger partial charge in [0.05, 0.1) is 6.26 Å². The lowest BCUT2D eigenvalue weighted by Gasteiger charge is -2.21. The molecular formula is C15H27NO. The fourth-order valence-corrected chi connectivity index (χ4v) is 2.46. The van der Waals surface area contributed by atoms with Crippen molar-refractivity contribution in [3.05, 3.63) is 24.2 Å². The van der Waals surface area contributed by atoms with Crippen LogP contribution in [0, 0.1) is 5.92 Å². The summed E-state index contributed by atoms with van der Waals surface area (Å²) in [5.41, 5.74) is 0. The second-order valence-electron chi connectivity index (χ2n) is 5.00.